The van der Waals surface area contributed by atoms with Gasteiger partial charge in [0.25, 0.3) is 0 Å². The van der Waals surface area contributed by atoms with Gasteiger partial charge in [0.05, 0.1) is 51.8 Å². The summed E-state index contributed by atoms with van der Waals surface area (Å²) in [6, 6.07) is 25.2. The molecule has 0 amide bonds. The molecule has 0 radical (unpaired) electrons. The zero-order valence-electron chi connectivity index (χ0n) is 37.1. The van der Waals surface area contributed by atoms with Crippen LogP contribution in [0.4, 0.5) is 0 Å². The molecule has 2 saturated carbocycles. The lowest BCUT2D eigenvalue weighted by Crippen LogP contribution is -2.81. The number of benzene rings is 3. The molecular weight excluding hydrogens is 793 g/mol. The average molecular weight is 857 g/mol. The summed E-state index contributed by atoms with van der Waals surface area (Å²) < 4.78 is 60.9. The minimum absolute atomic E-state index is 0.0772. The zero-order valence-corrected chi connectivity index (χ0v) is 38.1. The van der Waals surface area contributed by atoms with Gasteiger partial charge >= 0.3 is 0 Å². The lowest BCUT2D eigenvalue weighted by atomic mass is 9.53. The van der Waals surface area contributed by atoms with E-state index in [9.17, 15) is 10.2 Å². The number of hydrogen-bond donors (Lipinski definition) is 2. The van der Waals surface area contributed by atoms with E-state index in [4.69, 9.17) is 42.3 Å². The van der Waals surface area contributed by atoms with Gasteiger partial charge in [0.1, 0.15) is 40.5 Å². The molecule has 4 saturated heterocycles. The summed E-state index contributed by atoms with van der Waals surface area (Å²) in [6.07, 6.45) is -3.83. The van der Waals surface area contributed by atoms with Gasteiger partial charge in [-0.15, -0.1) is 0 Å². The van der Waals surface area contributed by atoms with E-state index in [1.165, 1.54) is 0 Å². The minimum Gasteiger partial charge on any atom is -0.497 e. The molecule has 61 heavy (non-hydrogen) atoms. The quantitative estimate of drug-likeness (QED) is 0.152. The predicted octanol–water partition coefficient (Wildman–Crippen LogP) is 8.06. The highest BCUT2D eigenvalue weighted by Gasteiger charge is 2.86. The van der Waals surface area contributed by atoms with Crippen molar-refractivity contribution in [1.82, 2.24) is 0 Å². The lowest BCUT2D eigenvalue weighted by Gasteiger charge is -2.66. The van der Waals surface area contributed by atoms with Crippen LogP contribution in [0.5, 0.6) is 11.5 Å². The Morgan fingerprint density at radius 1 is 0.836 bits per heavy atom. The lowest BCUT2D eigenvalue weighted by molar-refractivity contribution is -0.419. The largest absolute Gasteiger partial charge is 0.497 e. The Hall–Kier alpha value is -3.14. The molecule has 3 aromatic rings. The second-order valence-electron chi connectivity index (χ2n) is 20.1. The third-order valence-corrected chi connectivity index (χ3v) is 20.1. The van der Waals surface area contributed by atoms with Gasteiger partial charge in [0, 0.05) is 28.9 Å². The molecule has 4 aliphatic heterocycles. The van der Waals surface area contributed by atoms with Crippen LogP contribution in [0.1, 0.15) is 76.7 Å². The first-order valence-electron chi connectivity index (χ1n) is 21.9. The predicted molar refractivity (Wildman–Crippen MR) is 230 cm³/mol. The topological polar surface area (TPSA) is 124 Å². The SMILES string of the molecule is C=C(C)[C@]1(O)[C@@H]2O[C@H](c3ccc(OC)cc3)OC[C@H]2[C@]23O[C@@]4(CO[C@@H](c5ccc(OC)cc5)O[C@H]4[C@@]4(O)[C@H]2C[C@H](C)[C@@H]4O[Si](C)(C)C(C)(C)C)C[C@H]3[C@H]1OCc1ccccc1. The van der Waals surface area contributed by atoms with Crippen molar-refractivity contribution in [2.45, 2.75) is 132 Å². The Labute approximate surface area is 361 Å². The third-order valence-electron chi connectivity index (χ3n) is 15.7. The fraction of sp³-hybridized carbons (Fsp3) is 0.592. The molecule has 12 heteroatoms. The average Bonchev–Trinajstić information content (AvgIpc) is 3.70. The molecule has 2 spiro atoms. The highest BCUT2D eigenvalue weighted by Crippen LogP contribution is 2.73. The maximum Gasteiger partial charge on any atom is 0.192 e. The van der Waals surface area contributed by atoms with Gasteiger partial charge in [-0.3, -0.25) is 0 Å². The van der Waals surface area contributed by atoms with Crippen molar-refractivity contribution in [3.8, 4) is 11.5 Å². The summed E-state index contributed by atoms with van der Waals surface area (Å²) >= 11 is 0. The van der Waals surface area contributed by atoms with Gasteiger partial charge in [-0.1, -0.05) is 88.9 Å². The van der Waals surface area contributed by atoms with Crippen LogP contribution < -0.4 is 9.47 Å². The maximum atomic E-state index is 14.2. The first-order valence-corrected chi connectivity index (χ1v) is 24.8. The molecule has 2 bridgehead atoms. The first kappa shape index (κ1) is 43.1. The van der Waals surface area contributed by atoms with E-state index >= 15 is 0 Å². The maximum absolute atomic E-state index is 14.2. The first-order chi connectivity index (χ1) is 28.9. The Balaban J connectivity index is 1.21. The number of hydrogen-bond acceptors (Lipinski definition) is 11. The number of methoxy groups -OCH3 is 2. The Kier molecular flexibility index (Phi) is 10.8. The molecule has 14 atom stereocenters. The fourth-order valence-electron chi connectivity index (χ4n) is 11.7. The van der Waals surface area contributed by atoms with Crippen LogP contribution in [0.2, 0.25) is 18.1 Å². The van der Waals surface area contributed by atoms with Crippen molar-refractivity contribution in [2.75, 3.05) is 27.4 Å². The summed E-state index contributed by atoms with van der Waals surface area (Å²) in [6.45, 7) is 20.2. The van der Waals surface area contributed by atoms with Crippen molar-refractivity contribution in [3.63, 3.8) is 0 Å². The number of rotatable bonds is 10. The van der Waals surface area contributed by atoms with Crippen LogP contribution in [-0.4, -0.2) is 92.8 Å². The van der Waals surface area contributed by atoms with Crippen molar-refractivity contribution in [2.24, 2.45) is 23.7 Å². The molecule has 0 unspecified atom stereocenters. The van der Waals surface area contributed by atoms with Gasteiger partial charge in [-0.2, -0.15) is 0 Å². The summed E-state index contributed by atoms with van der Waals surface area (Å²) in [7, 11) is 0.787. The smallest absolute Gasteiger partial charge is 0.192 e. The van der Waals surface area contributed by atoms with Crippen LogP contribution in [-0.2, 0) is 39.5 Å². The monoisotopic (exact) mass is 856 g/mol. The molecule has 11 nitrogen and oxygen atoms in total. The summed E-state index contributed by atoms with van der Waals surface area (Å²) in [5.74, 6) is -0.195. The molecule has 3 aromatic carbocycles. The summed E-state index contributed by atoms with van der Waals surface area (Å²) in [5.41, 5.74) is -2.43. The molecule has 2 N–H and O–H groups in total. The second-order valence-corrected chi connectivity index (χ2v) is 24.9. The molecule has 6 aliphatic rings. The van der Waals surface area contributed by atoms with Gasteiger partial charge in [-0.25, -0.2) is 0 Å². The van der Waals surface area contributed by atoms with Crippen molar-refractivity contribution in [3.05, 3.63) is 108 Å². The number of aliphatic hydroxyl groups is 2. The number of ether oxygens (including phenoxy) is 8. The number of fused-ring (bicyclic) bond motifs is 3. The fourth-order valence-corrected chi connectivity index (χ4v) is 13.1. The minimum atomic E-state index is -2.48. The molecule has 6 fully saturated rings. The van der Waals surface area contributed by atoms with E-state index in [0.29, 0.717) is 24.2 Å². The molecule has 2 aliphatic carbocycles. The molecule has 4 heterocycles. The van der Waals surface area contributed by atoms with Gasteiger partial charge in [0.2, 0.25) is 0 Å². The van der Waals surface area contributed by atoms with Crippen molar-refractivity contribution < 1.29 is 52.5 Å². The third kappa shape index (κ3) is 6.53. The van der Waals surface area contributed by atoms with E-state index < -0.39 is 85.5 Å². The molecule has 330 valence electrons. The molecular formula is C49H64O11Si. The van der Waals surface area contributed by atoms with E-state index in [-0.39, 0.29) is 30.8 Å². The summed E-state index contributed by atoms with van der Waals surface area (Å²) in [4.78, 5) is 0. The van der Waals surface area contributed by atoms with Crippen molar-refractivity contribution in [1.29, 1.82) is 0 Å². The van der Waals surface area contributed by atoms with Crippen LogP contribution in [0.3, 0.4) is 0 Å². The standard InChI is InChI=1S/C49H64O11Si/c1-29(2)47(50)40(54-26-31-14-12-11-13-15-31)36-25-46-28-56-43(33-18-22-35(53-8)23-19-33)58-44(46)48(51)38(24-30(3)39(48)59-61(9,10)45(4,5)6)49(36,60-46)37-27-55-42(57-41(37)47)32-16-20-34(52-7)21-17-32/h11-23,30,36-44,50-51H,1,24-28H2,2-10H3/t30-,36-,37+,38+,39-,40+,41+,42+,43+,44+,46+,47+,48+,49-/m0/s1. The Bertz CT molecular complexity index is 2070. The van der Waals surface area contributed by atoms with Crippen LogP contribution >= 0.6 is 0 Å². The zero-order chi connectivity index (χ0) is 43.3. The van der Waals surface area contributed by atoms with Crippen LogP contribution in [0.15, 0.2) is 91.0 Å². The van der Waals surface area contributed by atoms with Crippen LogP contribution in [0.25, 0.3) is 0 Å². The van der Waals surface area contributed by atoms with E-state index in [1.807, 2.05) is 85.8 Å². The van der Waals surface area contributed by atoms with Gasteiger partial charge < -0.3 is 52.5 Å². The Morgan fingerprint density at radius 3 is 2.02 bits per heavy atom. The van der Waals surface area contributed by atoms with E-state index in [2.05, 4.69) is 47.4 Å². The van der Waals surface area contributed by atoms with E-state index in [1.54, 1.807) is 14.2 Å². The summed E-state index contributed by atoms with van der Waals surface area (Å²) in [5, 5.41) is 27.6. The normalized spacial score (nSPS) is 40.3. The highest BCUT2D eigenvalue weighted by molar-refractivity contribution is 6.74. The van der Waals surface area contributed by atoms with Crippen molar-refractivity contribution >= 4 is 8.32 Å². The second kappa shape index (κ2) is 15.2. The highest BCUT2D eigenvalue weighted by atomic mass is 28.4. The van der Waals surface area contributed by atoms with Gasteiger partial charge in [-0.05, 0) is 79.2 Å². The molecule has 0 aromatic heterocycles. The van der Waals surface area contributed by atoms with E-state index in [0.717, 1.165) is 22.4 Å². The van der Waals surface area contributed by atoms with Crippen LogP contribution in [0, 0.1) is 23.7 Å². The Morgan fingerprint density at radius 2 is 1.44 bits per heavy atom. The molecule has 9 rings (SSSR count). The van der Waals surface area contributed by atoms with Gasteiger partial charge in [0.15, 0.2) is 20.9 Å².